The van der Waals surface area contributed by atoms with Gasteiger partial charge in [-0.05, 0) is 62.7 Å². The average Bonchev–Trinajstić information content (AvgIpc) is 2.45. The lowest BCUT2D eigenvalue weighted by Crippen LogP contribution is -2.19. The summed E-state index contributed by atoms with van der Waals surface area (Å²) < 4.78 is 0. The third kappa shape index (κ3) is 6.54. The minimum atomic E-state index is -0.437. The molecule has 1 aliphatic rings. The van der Waals surface area contributed by atoms with Gasteiger partial charge >= 0.3 is 0 Å². The zero-order valence-electron chi connectivity index (χ0n) is 15.1. The van der Waals surface area contributed by atoms with Crippen molar-refractivity contribution in [2.75, 3.05) is 6.61 Å². The van der Waals surface area contributed by atoms with Crippen LogP contribution in [0.15, 0.2) is 58.7 Å². The van der Waals surface area contributed by atoms with E-state index in [9.17, 15) is 4.79 Å². The van der Waals surface area contributed by atoms with Crippen molar-refractivity contribution in [1.29, 1.82) is 0 Å². The van der Waals surface area contributed by atoms with E-state index in [0.717, 1.165) is 5.57 Å². The summed E-state index contributed by atoms with van der Waals surface area (Å²) in [6.07, 6.45) is 15.4. The van der Waals surface area contributed by atoms with Gasteiger partial charge in [0.2, 0.25) is 0 Å². The average molecular weight is 314 g/mol. The van der Waals surface area contributed by atoms with E-state index in [4.69, 9.17) is 5.11 Å². The van der Waals surface area contributed by atoms with E-state index in [1.807, 2.05) is 25.2 Å². The highest BCUT2D eigenvalue weighted by atomic mass is 16.3. The summed E-state index contributed by atoms with van der Waals surface area (Å²) in [5.74, 6) is -0.269. The largest absolute Gasteiger partial charge is 0.388 e. The molecule has 0 atom stereocenters. The molecule has 0 fully saturated rings. The number of rotatable bonds is 6. The molecule has 0 saturated carbocycles. The van der Waals surface area contributed by atoms with E-state index in [-0.39, 0.29) is 11.2 Å². The second-order valence-electron chi connectivity index (χ2n) is 7.05. The van der Waals surface area contributed by atoms with Gasteiger partial charge in [0, 0.05) is 0 Å². The first kappa shape index (κ1) is 19.4. The van der Waals surface area contributed by atoms with E-state index in [1.54, 1.807) is 0 Å². The molecule has 2 nitrogen and oxygen atoms in total. The molecule has 126 valence electrons. The number of hydrogen-bond donors (Lipinski definition) is 1. The number of carbonyl (C=O) groups excluding carboxylic acids is 1. The zero-order chi connectivity index (χ0) is 17.5. The Morgan fingerprint density at radius 2 is 1.91 bits per heavy atom. The van der Waals surface area contributed by atoms with E-state index >= 15 is 0 Å². The maximum Gasteiger partial charge on any atom is 0.181 e. The number of aliphatic hydroxyl groups is 1. The van der Waals surface area contributed by atoms with Gasteiger partial charge in [-0.25, -0.2) is 0 Å². The second kappa shape index (κ2) is 8.83. The fraction of sp³-hybridized carbons (Fsp3) is 0.476. The first-order chi connectivity index (χ1) is 10.8. The van der Waals surface area contributed by atoms with Crippen molar-refractivity contribution in [1.82, 2.24) is 0 Å². The summed E-state index contributed by atoms with van der Waals surface area (Å²) in [4.78, 5) is 11.1. The molecular formula is C21H30O2. The molecule has 0 bridgehead atoms. The van der Waals surface area contributed by atoms with Gasteiger partial charge in [0.05, 0.1) is 0 Å². The van der Waals surface area contributed by atoms with Gasteiger partial charge in [-0.15, -0.1) is 0 Å². The van der Waals surface area contributed by atoms with Crippen LogP contribution >= 0.6 is 0 Å². The van der Waals surface area contributed by atoms with Gasteiger partial charge < -0.3 is 5.11 Å². The van der Waals surface area contributed by atoms with Crippen molar-refractivity contribution in [3.05, 3.63) is 58.7 Å². The lowest BCUT2D eigenvalue weighted by atomic mass is 9.72. The number of hydrogen-bond acceptors (Lipinski definition) is 2. The lowest BCUT2D eigenvalue weighted by Gasteiger charge is -2.32. The van der Waals surface area contributed by atoms with Crippen LogP contribution in [0, 0.1) is 5.41 Å². The quantitative estimate of drug-likeness (QED) is 0.548. The minimum absolute atomic E-state index is 0.263. The Morgan fingerprint density at radius 3 is 2.52 bits per heavy atom. The number of carbonyl (C=O) groups is 1. The SMILES string of the molecule is CC1=C(/C=C/C(C)=C/C=C/C(C)=C/C(=O)CO)C(C)(C)CCC1. The molecule has 0 amide bonds. The van der Waals surface area contributed by atoms with Crippen LogP contribution in [0.25, 0.3) is 0 Å². The molecule has 0 aromatic heterocycles. The van der Waals surface area contributed by atoms with Crippen molar-refractivity contribution in [3.63, 3.8) is 0 Å². The van der Waals surface area contributed by atoms with Crippen LogP contribution in [0.1, 0.15) is 53.9 Å². The molecule has 0 spiro atoms. The maximum atomic E-state index is 11.1. The summed E-state index contributed by atoms with van der Waals surface area (Å²) in [6, 6.07) is 0. The van der Waals surface area contributed by atoms with Crippen molar-refractivity contribution >= 4 is 5.78 Å². The Hall–Kier alpha value is -1.67. The summed E-state index contributed by atoms with van der Waals surface area (Å²) in [5.41, 5.74) is 5.24. The van der Waals surface area contributed by atoms with Crippen molar-refractivity contribution in [2.24, 2.45) is 5.41 Å². The highest BCUT2D eigenvalue weighted by molar-refractivity contribution is 5.91. The Labute approximate surface area is 141 Å². The third-order valence-electron chi connectivity index (χ3n) is 4.32. The molecule has 2 heteroatoms. The van der Waals surface area contributed by atoms with Crippen LogP contribution in [-0.2, 0) is 4.79 Å². The minimum Gasteiger partial charge on any atom is -0.388 e. The molecule has 0 unspecified atom stereocenters. The number of allylic oxidation sites excluding steroid dienone is 9. The van der Waals surface area contributed by atoms with E-state index in [0.29, 0.717) is 0 Å². The topological polar surface area (TPSA) is 37.3 Å². The lowest BCUT2D eigenvalue weighted by molar-refractivity contribution is -0.117. The highest BCUT2D eigenvalue weighted by Gasteiger charge is 2.26. The molecule has 0 aromatic rings. The molecule has 1 rings (SSSR count). The van der Waals surface area contributed by atoms with Gasteiger partial charge in [0.15, 0.2) is 5.78 Å². The monoisotopic (exact) mass is 314 g/mol. The molecule has 0 saturated heterocycles. The maximum absolute atomic E-state index is 11.1. The third-order valence-corrected chi connectivity index (χ3v) is 4.32. The van der Waals surface area contributed by atoms with Crippen molar-refractivity contribution in [2.45, 2.75) is 53.9 Å². The van der Waals surface area contributed by atoms with E-state index in [1.165, 1.54) is 42.1 Å². The molecule has 23 heavy (non-hydrogen) atoms. The zero-order valence-corrected chi connectivity index (χ0v) is 15.1. The van der Waals surface area contributed by atoms with Gasteiger partial charge in [-0.2, -0.15) is 0 Å². The van der Waals surface area contributed by atoms with Crippen LogP contribution in [0.5, 0.6) is 0 Å². The molecule has 0 aliphatic heterocycles. The van der Waals surface area contributed by atoms with E-state index < -0.39 is 6.61 Å². The van der Waals surface area contributed by atoms with Gasteiger partial charge in [-0.1, -0.05) is 55.4 Å². The van der Waals surface area contributed by atoms with Gasteiger partial charge in [0.1, 0.15) is 6.61 Å². The van der Waals surface area contributed by atoms with Gasteiger partial charge in [-0.3, -0.25) is 4.79 Å². The van der Waals surface area contributed by atoms with E-state index in [2.05, 4.69) is 39.8 Å². The summed E-state index contributed by atoms with van der Waals surface area (Å²) in [6.45, 7) is 10.4. The smallest absolute Gasteiger partial charge is 0.181 e. The Kier molecular flexibility index (Phi) is 7.44. The summed E-state index contributed by atoms with van der Waals surface area (Å²) >= 11 is 0. The fourth-order valence-corrected chi connectivity index (χ4v) is 2.98. The van der Waals surface area contributed by atoms with Crippen LogP contribution in [0.2, 0.25) is 0 Å². The standard InChI is InChI=1S/C21H30O2/c1-16(8-6-9-17(2)14-19(23)15-22)11-12-20-18(3)10-7-13-21(20,4)5/h6,8-9,11-12,14,22H,7,10,13,15H2,1-5H3/b9-6+,12-11+,16-8+,17-14+. The first-order valence-electron chi connectivity index (χ1n) is 8.31. The van der Waals surface area contributed by atoms with Gasteiger partial charge in [0.25, 0.3) is 0 Å². The Bertz CT molecular complexity index is 581. The molecule has 0 radical (unpaired) electrons. The first-order valence-corrected chi connectivity index (χ1v) is 8.31. The molecule has 0 heterocycles. The molecule has 1 aliphatic carbocycles. The van der Waals surface area contributed by atoms with Crippen LogP contribution in [-0.4, -0.2) is 17.5 Å². The summed E-state index contributed by atoms with van der Waals surface area (Å²) in [7, 11) is 0. The Morgan fingerprint density at radius 1 is 1.22 bits per heavy atom. The van der Waals surface area contributed by atoms with Crippen molar-refractivity contribution < 1.29 is 9.90 Å². The predicted molar refractivity (Wildman–Crippen MR) is 98.2 cm³/mol. The summed E-state index contributed by atoms with van der Waals surface area (Å²) in [5, 5.41) is 8.71. The Balaban J connectivity index is 2.77. The normalized spacial score (nSPS) is 19.9. The van der Waals surface area contributed by atoms with Crippen LogP contribution in [0.4, 0.5) is 0 Å². The van der Waals surface area contributed by atoms with Crippen LogP contribution < -0.4 is 0 Å². The highest BCUT2D eigenvalue weighted by Crippen LogP contribution is 2.40. The molecule has 1 N–H and O–H groups in total. The van der Waals surface area contributed by atoms with Crippen molar-refractivity contribution in [3.8, 4) is 0 Å². The van der Waals surface area contributed by atoms with Crippen LogP contribution in [0.3, 0.4) is 0 Å². The number of aliphatic hydroxyl groups excluding tert-OH is 1. The molecular weight excluding hydrogens is 284 g/mol. The number of ketones is 1. The second-order valence-corrected chi connectivity index (χ2v) is 7.05. The molecule has 0 aromatic carbocycles. The fourth-order valence-electron chi connectivity index (χ4n) is 2.98. The predicted octanol–water partition coefficient (Wildman–Crippen LogP) is 5.08.